The first-order chi connectivity index (χ1) is 21.3. The zero-order valence-corrected chi connectivity index (χ0v) is 30.0. The second-order valence-corrected chi connectivity index (χ2v) is 20.4. The van der Waals surface area contributed by atoms with Gasteiger partial charge in [-0.2, -0.15) is 0 Å². The average molecular weight is 641 g/mol. The van der Waals surface area contributed by atoms with E-state index in [4.69, 9.17) is 4.43 Å². The van der Waals surface area contributed by atoms with Crippen molar-refractivity contribution in [1.29, 1.82) is 0 Å². The number of carbonyl (C=O) groups is 1. The standard InChI is InChI=1S/C38H49N2O3PSi/c1-9-40(10-2)36(41)38(32-20-14-11-15-21-32,43-45(7,8)37(4,5)6)35(31-28-26-30(3)27-29-31)39-44(42,33-22-16-12-17-23-33)34-24-18-13-19-25-34/h11-29,35H,9-10H2,1-8H3,(H,39,42)/t35-,38-/m1/s1. The van der Waals surface area contributed by atoms with E-state index in [2.05, 4.69) is 39.0 Å². The number of carbonyl (C=O) groups excluding carboxylic acids is 1. The van der Waals surface area contributed by atoms with Crippen LogP contribution in [0.15, 0.2) is 115 Å². The molecule has 5 nitrogen and oxygen atoms in total. The van der Waals surface area contributed by atoms with Gasteiger partial charge in [0.25, 0.3) is 5.91 Å². The number of rotatable bonds is 12. The van der Waals surface area contributed by atoms with Crippen molar-refractivity contribution in [2.24, 2.45) is 0 Å². The summed E-state index contributed by atoms with van der Waals surface area (Å²) in [7, 11) is -6.23. The summed E-state index contributed by atoms with van der Waals surface area (Å²) in [4.78, 5) is 17.2. The summed E-state index contributed by atoms with van der Waals surface area (Å²) >= 11 is 0. The molecule has 7 heteroatoms. The maximum atomic E-state index is 15.8. The molecule has 0 saturated carbocycles. The summed E-state index contributed by atoms with van der Waals surface area (Å²) in [5, 5.41) is 4.82. The average Bonchev–Trinajstić information content (AvgIpc) is 3.04. The Kier molecular flexibility index (Phi) is 10.8. The summed E-state index contributed by atoms with van der Waals surface area (Å²) in [5.41, 5.74) is 1.12. The molecule has 4 rings (SSSR count). The Morgan fingerprint density at radius 3 is 1.64 bits per heavy atom. The van der Waals surface area contributed by atoms with Gasteiger partial charge >= 0.3 is 0 Å². The molecule has 0 aliphatic carbocycles. The first-order valence-corrected chi connectivity index (χ1v) is 20.5. The number of hydrogen-bond acceptors (Lipinski definition) is 3. The minimum atomic E-state index is -3.55. The van der Waals surface area contributed by atoms with Crippen LogP contribution in [0, 0.1) is 6.92 Å². The van der Waals surface area contributed by atoms with Crippen molar-refractivity contribution >= 4 is 32.1 Å². The van der Waals surface area contributed by atoms with Crippen molar-refractivity contribution in [2.75, 3.05) is 13.1 Å². The predicted octanol–water partition coefficient (Wildman–Crippen LogP) is 8.34. The van der Waals surface area contributed by atoms with Crippen molar-refractivity contribution in [3.05, 3.63) is 132 Å². The molecule has 4 aromatic carbocycles. The van der Waals surface area contributed by atoms with Gasteiger partial charge in [-0.15, -0.1) is 0 Å². The van der Waals surface area contributed by atoms with Crippen LogP contribution >= 0.6 is 7.29 Å². The molecular formula is C38H49N2O3PSi. The van der Waals surface area contributed by atoms with Gasteiger partial charge in [0.1, 0.15) is 0 Å². The molecule has 0 unspecified atom stereocenters. The van der Waals surface area contributed by atoms with Gasteiger partial charge in [-0.3, -0.25) is 9.36 Å². The predicted molar refractivity (Wildman–Crippen MR) is 191 cm³/mol. The summed E-state index contributed by atoms with van der Waals surface area (Å²) < 4.78 is 23.3. The van der Waals surface area contributed by atoms with E-state index < -0.39 is 27.3 Å². The first kappa shape index (κ1) is 34.6. The molecule has 45 heavy (non-hydrogen) atoms. The number of likely N-dealkylation sites (N-methyl/N-ethyl adjacent to an activating group) is 1. The zero-order valence-electron chi connectivity index (χ0n) is 28.1. The van der Waals surface area contributed by atoms with Crippen molar-refractivity contribution in [3.63, 3.8) is 0 Å². The monoisotopic (exact) mass is 640 g/mol. The SMILES string of the molecule is CCN(CC)C(=O)[C@@](O[Si](C)(C)C(C)(C)C)(c1ccccc1)[C@H](NP(=O)(c1ccccc1)c1ccccc1)c1ccc(C)cc1. The fraction of sp³-hybridized carbons (Fsp3) is 0.342. The second kappa shape index (κ2) is 14.0. The lowest BCUT2D eigenvalue weighted by Gasteiger charge is -2.50. The summed E-state index contributed by atoms with van der Waals surface area (Å²) in [6.07, 6.45) is 0. The van der Waals surface area contributed by atoms with Crippen molar-refractivity contribution in [3.8, 4) is 0 Å². The van der Waals surface area contributed by atoms with E-state index in [-0.39, 0.29) is 10.9 Å². The Hall–Kier alpha value is -3.28. The van der Waals surface area contributed by atoms with Crippen LogP contribution in [0.1, 0.15) is 57.4 Å². The van der Waals surface area contributed by atoms with Crippen molar-refractivity contribution < 1.29 is 13.8 Å². The second-order valence-electron chi connectivity index (χ2n) is 13.2. The van der Waals surface area contributed by atoms with Gasteiger partial charge in [0.2, 0.25) is 7.29 Å². The molecule has 2 atom stereocenters. The highest BCUT2D eigenvalue weighted by Gasteiger charge is 2.57. The Bertz CT molecular complexity index is 1540. The van der Waals surface area contributed by atoms with Crippen molar-refractivity contribution in [1.82, 2.24) is 9.99 Å². The third kappa shape index (κ3) is 7.10. The van der Waals surface area contributed by atoms with Gasteiger partial charge in [0, 0.05) is 23.7 Å². The fourth-order valence-electron chi connectivity index (χ4n) is 5.48. The number of benzene rings is 4. The normalized spacial score (nSPS) is 14.4. The summed E-state index contributed by atoms with van der Waals surface area (Å²) in [6, 6.07) is 36.3. The van der Waals surface area contributed by atoms with Crippen LogP contribution in [0.4, 0.5) is 0 Å². The molecule has 0 aliphatic rings. The molecule has 0 radical (unpaired) electrons. The molecule has 0 bridgehead atoms. The quantitative estimate of drug-likeness (QED) is 0.125. The molecule has 4 aromatic rings. The van der Waals surface area contributed by atoms with E-state index in [1.54, 1.807) is 0 Å². The van der Waals surface area contributed by atoms with Crippen LogP contribution in [-0.2, 0) is 19.4 Å². The first-order valence-electron chi connectivity index (χ1n) is 15.9. The summed E-state index contributed by atoms with van der Waals surface area (Å²) in [6.45, 7) is 18.0. The molecule has 0 fully saturated rings. The van der Waals surface area contributed by atoms with Gasteiger partial charge in [0.15, 0.2) is 13.9 Å². The Labute approximate surface area is 271 Å². The number of nitrogens with zero attached hydrogens (tertiary/aromatic N) is 1. The van der Waals surface area contributed by atoms with Crippen LogP contribution in [0.3, 0.4) is 0 Å². The number of amides is 1. The molecule has 0 spiro atoms. The summed E-state index contributed by atoms with van der Waals surface area (Å²) in [5.74, 6) is -0.144. The highest BCUT2D eigenvalue weighted by molar-refractivity contribution is 7.76. The van der Waals surface area contributed by atoms with Gasteiger partial charge in [-0.05, 0) is 74.3 Å². The molecule has 238 valence electrons. The fourth-order valence-corrected chi connectivity index (χ4v) is 9.39. The maximum Gasteiger partial charge on any atom is 0.260 e. The third-order valence-corrected chi connectivity index (χ3v) is 16.3. The van der Waals surface area contributed by atoms with Crippen LogP contribution in [0.25, 0.3) is 0 Å². The highest BCUT2D eigenvalue weighted by atomic mass is 31.2. The number of nitrogens with one attached hydrogen (secondary N) is 1. The lowest BCUT2D eigenvalue weighted by molar-refractivity contribution is -0.153. The molecular weight excluding hydrogens is 591 g/mol. The number of aryl methyl sites for hydroxylation is 1. The Balaban J connectivity index is 2.15. The third-order valence-electron chi connectivity index (χ3n) is 9.16. The van der Waals surface area contributed by atoms with Gasteiger partial charge in [-0.25, -0.2) is 5.09 Å². The van der Waals surface area contributed by atoms with Crippen LogP contribution < -0.4 is 15.7 Å². The van der Waals surface area contributed by atoms with Gasteiger partial charge in [0.05, 0.1) is 6.04 Å². The minimum absolute atomic E-state index is 0.144. The van der Waals surface area contributed by atoms with Crippen LogP contribution in [0.5, 0.6) is 0 Å². The topological polar surface area (TPSA) is 58.6 Å². The minimum Gasteiger partial charge on any atom is -0.398 e. The van der Waals surface area contributed by atoms with Gasteiger partial charge < -0.3 is 9.33 Å². The van der Waals surface area contributed by atoms with E-state index in [1.165, 1.54) is 0 Å². The Morgan fingerprint density at radius 2 is 1.22 bits per heavy atom. The molecule has 0 aliphatic heterocycles. The van der Waals surface area contributed by atoms with E-state index in [0.717, 1.165) is 16.7 Å². The molecule has 1 N–H and O–H groups in total. The maximum absolute atomic E-state index is 15.8. The Morgan fingerprint density at radius 1 is 0.778 bits per heavy atom. The van der Waals surface area contributed by atoms with E-state index in [9.17, 15) is 0 Å². The van der Waals surface area contributed by atoms with Crippen LogP contribution in [0.2, 0.25) is 18.1 Å². The van der Waals surface area contributed by atoms with E-state index >= 15 is 9.36 Å². The zero-order chi connectivity index (χ0) is 32.9. The van der Waals surface area contributed by atoms with E-state index in [1.807, 2.05) is 141 Å². The van der Waals surface area contributed by atoms with Gasteiger partial charge in [-0.1, -0.05) is 117 Å². The lowest BCUT2D eigenvalue weighted by atomic mass is 9.81. The molecule has 0 saturated heterocycles. The highest BCUT2D eigenvalue weighted by Crippen LogP contribution is 2.52. The number of hydrogen-bond donors (Lipinski definition) is 1. The lowest BCUT2D eigenvalue weighted by Crippen LogP contribution is -2.61. The van der Waals surface area contributed by atoms with Crippen LogP contribution in [-0.4, -0.2) is 32.2 Å². The van der Waals surface area contributed by atoms with Crippen molar-refractivity contribution in [2.45, 2.75) is 71.3 Å². The molecule has 0 aromatic heterocycles. The van der Waals surface area contributed by atoms with E-state index in [0.29, 0.717) is 23.7 Å². The largest absolute Gasteiger partial charge is 0.398 e. The molecule has 0 heterocycles. The smallest absolute Gasteiger partial charge is 0.260 e. The molecule has 1 amide bonds.